The Morgan fingerprint density at radius 1 is 1.44 bits per heavy atom. The van der Waals surface area contributed by atoms with Crippen molar-refractivity contribution in [2.24, 2.45) is 7.05 Å². The van der Waals surface area contributed by atoms with Gasteiger partial charge in [0.05, 0.1) is 5.69 Å². The summed E-state index contributed by atoms with van der Waals surface area (Å²) < 4.78 is 16.4. The van der Waals surface area contributed by atoms with Crippen molar-refractivity contribution in [3.8, 4) is 0 Å². The van der Waals surface area contributed by atoms with Gasteiger partial charge in [0.2, 0.25) is 0 Å². The van der Waals surface area contributed by atoms with Gasteiger partial charge in [-0.3, -0.25) is 4.68 Å². The minimum absolute atomic E-state index is 0.0580. The Morgan fingerprint density at radius 2 is 2.22 bits per heavy atom. The van der Waals surface area contributed by atoms with Gasteiger partial charge in [0.25, 0.3) is 0 Å². The molecule has 0 saturated carbocycles. The summed E-state index contributed by atoms with van der Waals surface area (Å²) in [5.41, 5.74) is 1.73. The van der Waals surface area contributed by atoms with Crippen molar-refractivity contribution in [2.75, 3.05) is 0 Å². The number of aromatic nitrogens is 2. The lowest BCUT2D eigenvalue weighted by atomic mass is 10.1. The fourth-order valence-electron chi connectivity index (χ4n) is 1.79. The van der Waals surface area contributed by atoms with Crippen LogP contribution in [0, 0.1) is 5.82 Å². The molecule has 0 radical (unpaired) electrons. The first-order chi connectivity index (χ1) is 8.58. The van der Waals surface area contributed by atoms with Gasteiger partial charge in [-0.15, -0.1) is 0 Å². The van der Waals surface area contributed by atoms with Crippen molar-refractivity contribution in [1.29, 1.82) is 0 Å². The summed E-state index contributed by atoms with van der Waals surface area (Å²) in [6, 6.07) is 6.86. The molecule has 0 amide bonds. The zero-order valence-corrected chi connectivity index (χ0v) is 11.9. The zero-order chi connectivity index (χ0) is 13.1. The number of hydrogen-bond donors (Lipinski definition) is 1. The van der Waals surface area contributed by atoms with E-state index in [0.717, 1.165) is 10.2 Å². The van der Waals surface area contributed by atoms with Gasteiger partial charge in [0.1, 0.15) is 5.82 Å². The number of nitrogens with zero attached hydrogens (tertiary/aromatic N) is 2. The van der Waals surface area contributed by atoms with Gasteiger partial charge < -0.3 is 5.32 Å². The number of nitrogens with one attached hydrogen (secondary N) is 1. The third kappa shape index (κ3) is 2.97. The zero-order valence-electron chi connectivity index (χ0n) is 10.3. The predicted molar refractivity (Wildman–Crippen MR) is 72.6 cm³/mol. The van der Waals surface area contributed by atoms with E-state index in [1.54, 1.807) is 23.0 Å². The van der Waals surface area contributed by atoms with E-state index >= 15 is 0 Å². The summed E-state index contributed by atoms with van der Waals surface area (Å²) in [7, 11) is 1.89. The largest absolute Gasteiger partial charge is 0.304 e. The highest BCUT2D eigenvalue weighted by Crippen LogP contribution is 2.21. The van der Waals surface area contributed by atoms with Crippen LogP contribution in [0.1, 0.15) is 24.2 Å². The van der Waals surface area contributed by atoms with Crippen LogP contribution in [-0.4, -0.2) is 9.78 Å². The van der Waals surface area contributed by atoms with E-state index in [1.807, 2.05) is 20.0 Å². The molecule has 1 heterocycles. The second-order valence-electron chi connectivity index (χ2n) is 4.21. The Hall–Kier alpha value is -1.20. The topological polar surface area (TPSA) is 29.9 Å². The standard InChI is InChI=1S/C13H15BrFN3/c1-9(12-7-10(14)3-4-13(12)15)16-8-11-5-6-17-18(11)2/h3-7,9,16H,8H2,1-2H3/t9-/m1/s1. The van der Waals surface area contributed by atoms with E-state index in [4.69, 9.17) is 0 Å². The first kappa shape index (κ1) is 13.2. The fourth-order valence-corrected chi connectivity index (χ4v) is 2.17. The van der Waals surface area contributed by atoms with Crippen LogP contribution < -0.4 is 5.32 Å². The maximum atomic E-state index is 13.7. The average molecular weight is 312 g/mol. The number of rotatable bonds is 4. The summed E-state index contributed by atoms with van der Waals surface area (Å²) in [4.78, 5) is 0. The van der Waals surface area contributed by atoms with Crippen molar-refractivity contribution in [3.63, 3.8) is 0 Å². The van der Waals surface area contributed by atoms with Crippen molar-refractivity contribution in [2.45, 2.75) is 19.5 Å². The molecule has 1 aromatic heterocycles. The normalized spacial score (nSPS) is 12.7. The molecule has 1 N–H and O–H groups in total. The number of benzene rings is 1. The predicted octanol–water partition coefficient (Wildman–Crippen LogP) is 3.17. The summed E-state index contributed by atoms with van der Waals surface area (Å²) in [5, 5.41) is 7.38. The molecule has 0 saturated heterocycles. The van der Waals surface area contributed by atoms with Gasteiger partial charge in [-0.25, -0.2) is 4.39 Å². The number of hydrogen-bond acceptors (Lipinski definition) is 2. The molecule has 1 atom stereocenters. The van der Waals surface area contributed by atoms with E-state index < -0.39 is 0 Å². The van der Waals surface area contributed by atoms with E-state index in [1.165, 1.54) is 6.07 Å². The first-order valence-corrected chi connectivity index (χ1v) is 6.52. The molecule has 2 rings (SSSR count). The molecular formula is C13H15BrFN3. The lowest BCUT2D eigenvalue weighted by Gasteiger charge is -2.15. The Labute approximate surface area is 114 Å². The highest BCUT2D eigenvalue weighted by molar-refractivity contribution is 9.10. The van der Waals surface area contributed by atoms with Gasteiger partial charge in [-0.05, 0) is 31.2 Å². The highest BCUT2D eigenvalue weighted by atomic mass is 79.9. The summed E-state index contributed by atoms with van der Waals surface area (Å²) in [5.74, 6) is -0.191. The van der Waals surface area contributed by atoms with Gasteiger partial charge in [-0.2, -0.15) is 5.10 Å². The van der Waals surface area contributed by atoms with E-state index in [-0.39, 0.29) is 11.9 Å². The maximum absolute atomic E-state index is 13.7. The van der Waals surface area contributed by atoms with Gasteiger partial charge in [0, 0.05) is 35.9 Å². The minimum Gasteiger partial charge on any atom is -0.304 e. The van der Waals surface area contributed by atoms with Gasteiger partial charge in [0.15, 0.2) is 0 Å². The molecule has 0 aliphatic rings. The van der Waals surface area contributed by atoms with Crippen molar-refractivity contribution in [1.82, 2.24) is 15.1 Å². The Kier molecular flexibility index (Phi) is 4.14. The van der Waals surface area contributed by atoms with E-state index in [2.05, 4.69) is 26.3 Å². The molecule has 0 aliphatic carbocycles. The van der Waals surface area contributed by atoms with Crippen LogP contribution in [0.4, 0.5) is 4.39 Å². The molecular weight excluding hydrogens is 297 g/mol. The molecule has 0 spiro atoms. The molecule has 0 fully saturated rings. The SMILES string of the molecule is C[C@@H](NCc1ccnn1C)c1cc(Br)ccc1F. The molecule has 2 aromatic rings. The van der Waals surface area contributed by atoms with Crippen LogP contribution in [0.5, 0.6) is 0 Å². The molecule has 96 valence electrons. The van der Waals surface area contributed by atoms with Crippen LogP contribution in [0.25, 0.3) is 0 Å². The van der Waals surface area contributed by atoms with Crippen LogP contribution in [0.2, 0.25) is 0 Å². The minimum atomic E-state index is -0.191. The molecule has 18 heavy (non-hydrogen) atoms. The van der Waals surface area contributed by atoms with Crippen molar-refractivity contribution in [3.05, 3.63) is 52.0 Å². The van der Waals surface area contributed by atoms with Crippen LogP contribution in [0.15, 0.2) is 34.9 Å². The van der Waals surface area contributed by atoms with Crippen LogP contribution in [-0.2, 0) is 13.6 Å². The number of aryl methyl sites for hydroxylation is 1. The number of halogens is 2. The Balaban J connectivity index is 2.06. The molecule has 5 heteroatoms. The average Bonchev–Trinajstić information content (AvgIpc) is 2.75. The lowest BCUT2D eigenvalue weighted by molar-refractivity contribution is 0.515. The molecule has 0 unspecified atom stereocenters. The summed E-state index contributed by atoms with van der Waals surface area (Å²) in [6.45, 7) is 2.60. The molecule has 0 aliphatic heterocycles. The second-order valence-corrected chi connectivity index (χ2v) is 5.13. The quantitative estimate of drug-likeness (QED) is 0.940. The molecule has 3 nitrogen and oxygen atoms in total. The first-order valence-electron chi connectivity index (χ1n) is 5.73. The maximum Gasteiger partial charge on any atom is 0.128 e. The molecule has 0 bridgehead atoms. The third-order valence-corrected chi connectivity index (χ3v) is 3.43. The fraction of sp³-hybridized carbons (Fsp3) is 0.308. The van der Waals surface area contributed by atoms with E-state index in [9.17, 15) is 4.39 Å². The van der Waals surface area contributed by atoms with Crippen LogP contribution >= 0.6 is 15.9 Å². The lowest BCUT2D eigenvalue weighted by Crippen LogP contribution is -2.20. The highest BCUT2D eigenvalue weighted by Gasteiger charge is 2.11. The van der Waals surface area contributed by atoms with Crippen molar-refractivity contribution >= 4 is 15.9 Å². The Bertz CT molecular complexity index is 539. The van der Waals surface area contributed by atoms with Gasteiger partial charge >= 0.3 is 0 Å². The van der Waals surface area contributed by atoms with Crippen molar-refractivity contribution < 1.29 is 4.39 Å². The van der Waals surface area contributed by atoms with Gasteiger partial charge in [-0.1, -0.05) is 15.9 Å². The summed E-state index contributed by atoms with van der Waals surface area (Å²) in [6.07, 6.45) is 1.75. The van der Waals surface area contributed by atoms with Crippen LogP contribution in [0.3, 0.4) is 0 Å². The second kappa shape index (κ2) is 5.63. The Morgan fingerprint density at radius 3 is 2.89 bits per heavy atom. The monoisotopic (exact) mass is 311 g/mol. The summed E-state index contributed by atoms with van der Waals surface area (Å²) >= 11 is 3.36. The molecule has 1 aromatic carbocycles. The smallest absolute Gasteiger partial charge is 0.128 e. The third-order valence-electron chi connectivity index (χ3n) is 2.94. The van der Waals surface area contributed by atoms with E-state index in [0.29, 0.717) is 12.1 Å².